The standard InChI is InChI=1S/Al.Mg.H3O5P/c;;1-5-6(2,3)4/h;;1H,(H2,2,3,4)/q+3;+2;. The van der Waals surface area contributed by atoms with Crippen molar-refractivity contribution < 1.29 is 24.3 Å². The van der Waals surface area contributed by atoms with E-state index in [1.54, 1.807) is 0 Å². The van der Waals surface area contributed by atoms with Crippen LogP contribution in [0.2, 0.25) is 0 Å². The minimum atomic E-state index is -4.59. The van der Waals surface area contributed by atoms with Crippen molar-refractivity contribution in [1.82, 2.24) is 0 Å². The van der Waals surface area contributed by atoms with E-state index in [0.29, 0.717) is 0 Å². The summed E-state index contributed by atoms with van der Waals surface area (Å²) >= 11 is 0. The van der Waals surface area contributed by atoms with Crippen LogP contribution in [0.25, 0.3) is 0 Å². The Morgan fingerprint density at radius 1 is 1.38 bits per heavy atom. The Kier molecular flexibility index (Phi) is 13.1. The van der Waals surface area contributed by atoms with Gasteiger partial charge in [-0.1, -0.05) is 0 Å². The zero-order valence-corrected chi connectivity index (χ0v) is 7.35. The topological polar surface area (TPSA) is 87.0 Å². The molecule has 3 N–H and O–H groups in total. The number of rotatable bonds is 1. The third kappa shape index (κ3) is 15.7. The van der Waals surface area contributed by atoms with Gasteiger partial charge in [-0.2, -0.15) is 0 Å². The number of phosphoric acid groups is 1. The Morgan fingerprint density at radius 3 is 1.50 bits per heavy atom. The molecule has 0 saturated heterocycles. The zero-order valence-electron chi connectivity index (χ0n) is 3.89. The van der Waals surface area contributed by atoms with Crippen LogP contribution in [0.5, 0.6) is 0 Å². The Labute approximate surface area is 72.5 Å². The van der Waals surface area contributed by atoms with Crippen molar-refractivity contribution in [3.8, 4) is 0 Å². The van der Waals surface area contributed by atoms with Crippen LogP contribution in [0.4, 0.5) is 0 Å². The van der Waals surface area contributed by atoms with Crippen LogP contribution in [-0.2, 0) is 9.24 Å². The van der Waals surface area contributed by atoms with E-state index in [-0.39, 0.29) is 40.4 Å². The van der Waals surface area contributed by atoms with E-state index in [9.17, 15) is 4.57 Å². The SMILES string of the molecule is O=P(O)(O)OO.[Al+3].[Mg+2]. The molecule has 0 aromatic carbocycles. The summed E-state index contributed by atoms with van der Waals surface area (Å²) in [4.78, 5) is 14.9. The van der Waals surface area contributed by atoms with Gasteiger partial charge in [0.2, 0.25) is 0 Å². The second-order valence-corrected chi connectivity index (χ2v) is 1.72. The molecule has 0 rings (SSSR count). The average Bonchev–Trinajstić information content (AvgIpc) is 1.35. The molecular weight excluding hydrogens is 162 g/mol. The fraction of sp³-hybridized carbons (Fsp3) is 0. The summed E-state index contributed by atoms with van der Waals surface area (Å²) in [7, 11) is -4.59. The molecule has 5 nitrogen and oxygen atoms in total. The molecule has 8 heavy (non-hydrogen) atoms. The van der Waals surface area contributed by atoms with Gasteiger partial charge in [0.05, 0.1) is 0 Å². The van der Waals surface area contributed by atoms with Gasteiger partial charge >= 0.3 is 48.2 Å². The van der Waals surface area contributed by atoms with Crippen LogP contribution in [0.15, 0.2) is 0 Å². The van der Waals surface area contributed by atoms with Crippen LogP contribution in [0, 0.1) is 0 Å². The molecule has 0 aliphatic rings. The summed E-state index contributed by atoms with van der Waals surface area (Å²) in [5.74, 6) is 0. The van der Waals surface area contributed by atoms with Crippen molar-refractivity contribution in [1.29, 1.82) is 0 Å². The summed E-state index contributed by atoms with van der Waals surface area (Å²) in [5, 5.41) is 7.14. The molecule has 8 heteroatoms. The summed E-state index contributed by atoms with van der Waals surface area (Å²) in [6.45, 7) is 0. The van der Waals surface area contributed by atoms with Gasteiger partial charge in [-0.05, 0) is 0 Å². The van der Waals surface area contributed by atoms with Crippen molar-refractivity contribution in [3.63, 3.8) is 0 Å². The molecule has 0 radical (unpaired) electrons. The summed E-state index contributed by atoms with van der Waals surface area (Å²) in [6.07, 6.45) is 0. The molecule has 0 heterocycles. The maximum atomic E-state index is 9.22. The van der Waals surface area contributed by atoms with Crippen molar-refractivity contribution in [2.75, 3.05) is 0 Å². The first kappa shape index (κ1) is 16.2. The summed E-state index contributed by atoms with van der Waals surface area (Å²) in [6, 6.07) is 0. The Bertz CT molecular complexity index is 76.5. The fourth-order valence-corrected chi connectivity index (χ4v) is 0. The molecule has 0 aliphatic carbocycles. The Balaban J connectivity index is -0.000000125. The third-order valence-corrected chi connectivity index (χ3v) is 0.319. The van der Waals surface area contributed by atoms with Gasteiger partial charge in [0.15, 0.2) is 0 Å². The number of hydrogen-bond donors (Lipinski definition) is 3. The first-order valence-electron chi connectivity index (χ1n) is 0.948. The van der Waals surface area contributed by atoms with E-state index in [1.807, 2.05) is 0 Å². The predicted octanol–water partition coefficient (Wildman–Crippen LogP) is -1.19. The molecule has 0 aromatic heterocycles. The zero-order chi connectivity index (χ0) is 5.21. The minimum Gasteiger partial charge on any atom is -0.301 e. The van der Waals surface area contributed by atoms with Gasteiger partial charge in [0, 0.05) is 0 Å². The molecule has 0 aromatic rings. The Hall–Kier alpha value is 1.37. The van der Waals surface area contributed by atoms with Crippen LogP contribution in [-0.4, -0.2) is 55.5 Å². The van der Waals surface area contributed by atoms with Gasteiger partial charge in [0.1, 0.15) is 0 Å². The van der Waals surface area contributed by atoms with Gasteiger partial charge in [0.25, 0.3) is 0 Å². The second-order valence-electron chi connectivity index (χ2n) is 0.572. The molecule has 0 amide bonds. The molecule has 0 bridgehead atoms. The largest absolute Gasteiger partial charge is 3.00 e. The van der Waals surface area contributed by atoms with E-state index < -0.39 is 7.82 Å². The number of hydrogen-bond acceptors (Lipinski definition) is 3. The van der Waals surface area contributed by atoms with Crippen molar-refractivity contribution in [2.45, 2.75) is 0 Å². The Morgan fingerprint density at radius 2 is 1.50 bits per heavy atom. The first-order chi connectivity index (χ1) is 2.56. The molecule has 0 unspecified atom stereocenters. The molecule has 0 atom stereocenters. The van der Waals surface area contributed by atoms with E-state index in [2.05, 4.69) is 4.67 Å². The maximum Gasteiger partial charge on any atom is 3.00 e. The molecule has 0 fully saturated rings. The normalized spacial score (nSPS) is 8.88. The third-order valence-electron chi connectivity index (χ3n) is 0.106. The predicted molar refractivity (Wildman–Crippen MR) is 27.3 cm³/mol. The molecule has 0 saturated carbocycles. The maximum absolute atomic E-state index is 9.22. The van der Waals surface area contributed by atoms with Gasteiger partial charge in [-0.25, -0.2) is 9.82 Å². The van der Waals surface area contributed by atoms with E-state index in [1.165, 1.54) is 0 Å². The van der Waals surface area contributed by atoms with Crippen LogP contribution >= 0.6 is 7.82 Å². The first-order valence-corrected chi connectivity index (χ1v) is 2.48. The van der Waals surface area contributed by atoms with Gasteiger partial charge in [-0.15, -0.1) is 4.67 Å². The monoisotopic (exact) mass is 165 g/mol. The van der Waals surface area contributed by atoms with E-state index in [4.69, 9.17) is 15.0 Å². The van der Waals surface area contributed by atoms with Crippen molar-refractivity contribution in [2.24, 2.45) is 0 Å². The molecular formula is H3AlMgO5P+5. The fourth-order valence-electron chi connectivity index (χ4n) is 0. The van der Waals surface area contributed by atoms with Gasteiger partial charge in [-0.3, -0.25) is 0 Å². The van der Waals surface area contributed by atoms with Crippen LogP contribution < -0.4 is 0 Å². The minimum absolute atomic E-state index is 0. The second kappa shape index (κ2) is 6.49. The van der Waals surface area contributed by atoms with E-state index >= 15 is 0 Å². The van der Waals surface area contributed by atoms with Crippen LogP contribution in [0.1, 0.15) is 0 Å². The molecule has 0 aliphatic heterocycles. The van der Waals surface area contributed by atoms with Gasteiger partial charge < -0.3 is 9.79 Å². The van der Waals surface area contributed by atoms with E-state index in [0.717, 1.165) is 0 Å². The average molecular weight is 165 g/mol. The summed E-state index contributed by atoms with van der Waals surface area (Å²) in [5.41, 5.74) is 0. The molecule has 0 spiro atoms. The smallest absolute Gasteiger partial charge is 0.301 e. The van der Waals surface area contributed by atoms with Crippen LogP contribution in [0.3, 0.4) is 0 Å². The van der Waals surface area contributed by atoms with Crippen molar-refractivity contribution >= 4 is 48.2 Å². The quantitative estimate of drug-likeness (QED) is 0.197. The molecule has 38 valence electrons. The summed E-state index contributed by atoms with van der Waals surface area (Å²) < 4.78 is 11.8. The van der Waals surface area contributed by atoms with Crippen molar-refractivity contribution in [3.05, 3.63) is 0 Å².